The molecular weight excluding hydrogens is 342 g/mol. The lowest BCUT2D eigenvalue weighted by atomic mass is 10.0. The molecule has 3 heterocycles. The summed E-state index contributed by atoms with van der Waals surface area (Å²) < 4.78 is 5.24. The minimum Gasteiger partial charge on any atom is -0.382 e. The third-order valence-electron chi connectivity index (χ3n) is 4.15. The summed E-state index contributed by atoms with van der Waals surface area (Å²) in [7, 11) is 3.75. The number of benzene rings is 1. The van der Waals surface area contributed by atoms with Crippen LogP contribution in [0.25, 0.3) is 22.2 Å². The molecule has 3 N–H and O–H groups in total. The number of nitrogens with one attached hydrogen (secondary N) is 2. The van der Waals surface area contributed by atoms with Crippen molar-refractivity contribution in [2.45, 2.75) is 20.0 Å². The number of H-pyrrole nitrogens is 1. The van der Waals surface area contributed by atoms with Crippen molar-refractivity contribution in [1.82, 2.24) is 25.7 Å². The molecular formula is C20H23N5O2. The molecule has 0 bridgehead atoms. The summed E-state index contributed by atoms with van der Waals surface area (Å²) >= 11 is 0. The molecule has 0 aliphatic rings. The second-order valence-electron chi connectivity index (χ2n) is 6.24. The monoisotopic (exact) mass is 365 g/mol. The average Bonchev–Trinajstić information content (AvgIpc) is 3.25. The Morgan fingerprint density at radius 1 is 1.15 bits per heavy atom. The summed E-state index contributed by atoms with van der Waals surface area (Å²) in [5.74, 6) is 0.738. The number of hydrogen-bond donors (Lipinski definition) is 3. The zero-order valence-electron chi connectivity index (χ0n) is 15.8. The van der Waals surface area contributed by atoms with Gasteiger partial charge in [0, 0.05) is 22.7 Å². The van der Waals surface area contributed by atoms with E-state index >= 15 is 0 Å². The van der Waals surface area contributed by atoms with Gasteiger partial charge in [-0.1, -0.05) is 35.5 Å². The summed E-state index contributed by atoms with van der Waals surface area (Å²) in [5, 5.41) is 25.3. The van der Waals surface area contributed by atoms with Crippen LogP contribution in [0.2, 0.25) is 0 Å². The minimum atomic E-state index is -0.794. The highest BCUT2D eigenvalue weighted by molar-refractivity contribution is 5.84. The first-order chi connectivity index (χ1) is 13.1. The highest BCUT2D eigenvalue weighted by Gasteiger charge is 2.19. The summed E-state index contributed by atoms with van der Waals surface area (Å²) in [6.07, 6.45) is 0.951. The average molecular weight is 365 g/mol. The fourth-order valence-electron chi connectivity index (χ4n) is 2.96. The van der Waals surface area contributed by atoms with Gasteiger partial charge in [0.15, 0.2) is 5.65 Å². The molecule has 7 heteroatoms. The minimum absolute atomic E-state index is 0.565. The number of rotatable bonds is 3. The molecule has 4 aromatic rings. The van der Waals surface area contributed by atoms with E-state index in [-0.39, 0.29) is 0 Å². The van der Waals surface area contributed by atoms with E-state index in [2.05, 4.69) is 25.7 Å². The number of aliphatic hydroxyl groups excluding tert-OH is 1. The molecule has 1 atom stereocenters. The van der Waals surface area contributed by atoms with E-state index in [0.29, 0.717) is 11.3 Å². The molecule has 0 aliphatic carbocycles. The van der Waals surface area contributed by atoms with Crippen molar-refractivity contribution in [3.63, 3.8) is 0 Å². The van der Waals surface area contributed by atoms with Crippen LogP contribution >= 0.6 is 0 Å². The van der Waals surface area contributed by atoms with Gasteiger partial charge in [-0.3, -0.25) is 5.10 Å². The first kappa shape index (κ1) is 18.8. The highest BCUT2D eigenvalue weighted by atomic mass is 16.5. The van der Waals surface area contributed by atoms with Gasteiger partial charge in [0.2, 0.25) is 0 Å². The maximum Gasteiger partial charge on any atom is 0.181 e. The van der Waals surface area contributed by atoms with Crippen molar-refractivity contribution in [2.24, 2.45) is 0 Å². The van der Waals surface area contributed by atoms with Crippen molar-refractivity contribution in [1.29, 1.82) is 0 Å². The van der Waals surface area contributed by atoms with Crippen LogP contribution in [0.4, 0.5) is 0 Å². The Balaban J connectivity index is 0.000000659. The third kappa shape index (κ3) is 3.74. The van der Waals surface area contributed by atoms with Gasteiger partial charge in [-0.25, -0.2) is 4.98 Å². The summed E-state index contributed by atoms with van der Waals surface area (Å²) in [4.78, 5) is 4.39. The molecule has 0 aliphatic heterocycles. The fourth-order valence-corrected chi connectivity index (χ4v) is 2.96. The molecule has 0 spiro atoms. The number of aromatic amines is 1. The van der Waals surface area contributed by atoms with Crippen LogP contribution in [-0.4, -0.2) is 39.5 Å². The van der Waals surface area contributed by atoms with Gasteiger partial charge >= 0.3 is 0 Å². The molecule has 0 radical (unpaired) electrons. The molecule has 27 heavy (non-hydrogen) atoms. The Morgan fingerprint density at radius 3 is 2.48 bits per heavy atom. The second kappa shape index (κ2) is 8.11. The predicted molar refractivity (Wildman–Crippen MR) is 104 cm³/mol. The third-order valence-corrected chi connectivity index (χ3v) is 4.15. The molecule has 0 fully saturated rings. The standard InChI is InChI=1S/C18H16N4O2.C2H7N/c1-10-15(11(2)24-22-10)13-8-14-16(20-21-18(14)19-9-13)17(23)12-6-4-3-5-7-12;1-3-2/h3-9,17,23H,1-2H3,(H,19,20,21);3H,1-2H3. The van der Waals surface area contributed by atoms with E-state index in [1.165, 1.54) is 0 Å². The second-order valence-corrected chi connectivity index (χ2v) is 6.24. The summed E-state index contributed by atoms with van der Waals surface area (Å²) in [5.41, 5.74) is 4.60. The molecule has 0 amide bonds. The molecule has 0 saturated heterocycles. The van der Waals surface area contributed by atoms with E-state index in [0.717, 1.165) is 33.5 Å². The van der Waals surface area contributed by atoms with Crippen LogP contribution in [0.15, 0.2) is 47.1 Å². The van der Waals surface area contributed by atoms with Crippen LogP contribution in [0.3, 0.4) is 0 Å². The quantitative estimate of drug-likeness (QED) is 0.516. The van der Waals surface area contributed by atoms with Gasteiger partial charge in [-0.2, -0.15) is 5.10 Å². The van der Waals surface area contributed by atoms with Crippen LogP contribution < -0.4 is 5.32 Å². The van der Waals surface area contributed by atoms with Crippen molar-refractivity contribution >= 4 is 11.0 Å². The van der Waals surface area contributed by atoms with Crippen LogP contribution in [0.5, 0.6) is 0 Å². The van der Waals surface area contributed by atoms with Gasteiger partial charge in [-0.05, 0) is 39.6 Å². The smallest absolute Gasteiger partial charge is 0.181 e. The van der Waals surface area contributed by atoms with E-state index in [4.69, 9.17) is 4.52 Å². The maximum absolute atomic E-state index is 10.7. The zero-order valence-corrected chi connectivity index (χ0v) is 15.8. The Hall–Kier alpha value is -3.03. The lowest BCUT2D eigenvalue weighted by molar-refractivity contribution is 0.216. The zero-order chi connectivity index (χ0) is 19.4. The number of fused-ring (bicyclic) bond motifs is 1. The number of pyridine rings is 1. The number of nitrogens with zero attached hydrogens (tertiary/aromatic N) is 3. The number of hydrogen-bond acceptors (Lipinski definition) is 6. The van der Waals surface area contributed by atoms with Gasteiger partial charge in [0.1, 0.15) is 11.9 Å². The Labute approximate surface area is 157 Å². The number of aliphatic hydroxyl groups is 1. The van der Waals surface area contributed by atoms with E-state index < -0.39 is 6.10 Å². The molecule has 140 valence electrons. The molecule has 7 nitrogen and oxygen atoms in total. The fraction of sp³-hybridized carbons (Fsp3) is 0.250. The van der Waals surface area contributed by atoms with Gasteiger partial charge in [-0.15, -0.1) is 0 Å². The van der Waals surface area contributed by atoms with Crippen molar-refractivity contribution in [3.8, 4) is 11.1 Å². The first-order valence-corrected chi connectivity index (χ1v) is 8.65. The van der Waals surface area contributed by atoms with Crippen molar-refractivity contribution in [3.05, 3.63) is 65.3 Å². The first-order valence-electron chi connectivity index (χ1n) is 8.65. The molecule has 4 rings (SSSR count). The van der Waals surface area contributed by atoms with Crippen molar-refractivity contribution < 1.29 is 9.63 Å². The summed E-state index contributed by atoms with van der Waals surface area (Å²) in [6.45, 7) is 3.76. The van der Waals surface area contributed by atoms with Gasteiger partial charge in [0.05, 0.1) is 11.4 Å². The number of aryl methyl sites for hydroxylation is 2. The van der Waals surface area contributed by atoms with E-state index in [1.54, 1.807) is 6.20 Å². The largest absolute Gasteiger partial charge is 0.382 e. The molecule has 1 unspecified atom stereocenters. The lowest BCUT2D eigenvalue weighted by Crippen LogP contribution is -2.00. The molecule has 1 aromatic carbocycles. The lowest BCUT2D eigenvalue weighted by Gasteiger charge is -2.09. The van der Waals surface area contributed by atoms with Crippen LogP contribution in [-0.2, 0) is 0 Å². The summed E-state index contributed by atoms with van der Waals surface area (Å²) in [6, 6.07) is 11.4. The Morgan fingerprint density at radius 2 is 1.85 bits per heavy atom. The maximum atomic E-state index is 10.7. The van der Waals surface area contributed by atoms with E-state index in [9.17, 15) is 5.11 Å². The Bertz CT molecular complexity index is 1000. The van der Waals surface area contributed by atoms with E-state index in [1.807, 2.05) is 64.3 Å². The normalized spacial score (nSPS) is 11.9. The predicted octanol–water partition coefficient (Wildman–Crippen LogP) is 3.15. The SMILES string of the molecule is CNC.Cc1noc(C)c1-c1cnc2n[nH]c(C(O)c3ccccc3)c2c1. The van der Waals surface area contributed by atoms with Gasteiger partial charge in [0.25, 0.3) is 0 Å². The topological polar surface area (TPSA) is 99.9 Å². The van der Waals surface area contributed by atoms with Gasteiger partial charge < -0.3 is 14.9 Å². The Kier molecular flexibility index (Phi) is 5.63. The molecule has 3 aromatic heterocycles. The highest BCUT2D eigenvalue weighted by Crippen LogP contribution is 2.31. The van der Waals surface area contributed by atoms with Crippen LogP contribution in [0, 0.1) is 13.8 Å². The number of aromatic nitrogens is 4. The molecule has 0 saturated carbocycles. The van der Waals surface area contributed by atoms with Crippen LogP contribution in [0.1, 0.15) is 28.8 Å². The van der Waals surface area contributed by atoms with Crippen molar-refractivity contribution in [2.75, 3.05) is 14.1 Å².